The van der Waals surface area contributed by atoms with Gasteiger partial charge < -0.3 is 14.0 Å². The number of imidazole rings is 1. The third kappa shape index (κ3) is 9.98. The van der Waals surface area contributed by atoms with Gasteiger partial charge in [-0.15, -0.1) is 53.6 Å². The molecule has 4 aromatic heterocycles. The zero-order chi connectivity index (χ0) is 51.5. The Morgan fingerprint density at radius 3 is 2.00 bits per heavy atom. The van der Waals surface area contributed by atoms with Crippen molar-refractivity contribution in [3.05, 3.63) is 186 Å². The molecule has 0 bridgehead atoms. The molecular formula is C61H60IrN4OSi-2. The number of hydrogen-bond acceptors (Lipinski definition) is 4. The van der Waals surface area contributed by atoms with Crippen molar-refractivity contribution in [2.45, 2.75) is 86.7 Å². The number of nitrogens with zero attached hydrogens (tertiary/aromatic N) is 4. The number of rotatable bonds is 7. The van der Waals surface area contributed by atoms with E-state index in [1.54, 1.807) is 18.3 Å². The number of para-hydroxylation sites is 2. The average molecular weight is 1090 g/mol. The van der Waals surface area contributed by atoms with Gasteiger partial charge in [-0.25, -0.2) is 4.98 Å². The fourth-order valence-corrected chi connectivity index (χ4v) is 9.97. The summed E-state index contributed by atoms with van der Waals surface area (Å²) in [6.07, 6.45) is 0.269. The number of aromatic nitrogens is 4. The van der Waals surface area contributed by atoms with Crippen LogP contribution in [0.4, 0.5) is 0 Å². The van der Waals surface area contributed by atoms with E-state index in [-0.39, 0.29) is 31.1 Å². The van der Waals surface area contributed by atoms with Crippen LogP contribution in [0.5, 0.6) is 0 Å². The standard InChI is InChI=1S/C41H32N3O.C20H28NSi.Ir/c1-26-22-23-31-30-18-13-19-32(38(30)45-40(31)42-26)39-43-35-20-11-12-21-36(35)44(39)37-33(27-14-7-5-8-15-27)24-29(41(2,3)4)25-34(37)28-16-9-6-10-17-28;1-15-8-10-16(11-9-15)18-12-17(13-20(2,3)4)19(14-21-18)22(5,6)7;/h5-18,20-25H,1-4H3;8-10,12,14H,13H2,1-7H3;/q2*-1;/i;1D3,13D2;. The summed E-state index contributed by atoms with van der Waals surface area (Å²) in [5.74, 6) is 0.774. The van der Waals surface area contributed by atoms with Crippen molar-refractivity contribution in [1.82, 2.24) is 19.5 Å². The molecule has 0 aliphatic heterocycles. The fraction of sp³-hybridized carbons (Fsp3) is 0.230. The molecule has 0 saturated heterocycles. The summed E-state index contributed by atoms with van der Waals surface area (Å²) < 4.78 is 48.8. The molecule has 0 atom stereocenters. The Morgan fingerprint density at radius 1 is 0.735 bits per heavy atom. The molecule has 4 heterocycles. The van der Waals surface area contributed by atoms with Crippen LogP contribution in [-0.4, -0.2) is 27.6 Å². The van der Waals surface area contributed by atoms with Gasteiger partial charge >= 0.3 is 0 Å². The van der Waals surface area contributed by atoms with Gasteiger partial charge in [0.05, 0.1) is 36.2 Å². The maximum absolute atomic E-state index is 8.79. The quantitative estimate of drug-likeness (QED) is 0.118. The maximum Gasteiger partial charge on any atom is 0.216 e. The van der Waals surface area contributed by atoms with Crippen molar-refractivity contribution < 1.29 is 31.4 Å². The monoisotopic (exact) mass is 1090 g/mol. The third-order valence-corrected chi connectivity index (χ3v) is 13.9. The van der Waals surface area contributed by atoms with Crippen LogP contribution in [0, 0.1) is 31.3 Å². The first-order valence-electron chi connectivity index (χ1n) is 25.4. The van der Waals surface area contributed by atoms with Crippen LogP contribution >= 0.6 is 0 Å². The Morgan fingerprint density at radius 2 is 1.40 bits per heavy atom. The molecule has 68 heavy (non-hydrogen) atoms. The summed E-state index contributed by atoms with van der Waals surface area (Å²) in [7, 11) is -1.81. The number of pyridine rings is 2. The number of furan rings is 1. The van der Waals surface area contributed by atoms with Crippen LogP contribution in [0.25, 0.3) is 83.7 Å². The molecule has 0 amide bonds. The first-order valence-corrected chi connectivity index (χ1v) is 26.4. The largest absolute Gasteiger partial charge is 0.486 e. The Labute approximate surface area is 424 Å². The van der Waals surface area contributed by atoms with Crippen LogP contribution < -0.4 is 5.19 Å². The normalized spacial score (nSPS) is 13.5. The first kappa shape index (κ1) is 41.9. The van der Waals surface area contributed by atoms with E-state index in [0.717, 1.165) is 77.6 Å². The predicted molar refractivity (Wildman–Crippen MR) is 284 cm³/mol. The summed E-state index contributed by atoms with van der Waals surface area (Å²) in [4.78, 5) is 14.6. The SMILES string of the molecule is Cc1ccc2c(n1)oc1c(-c3nc4ccccc4n3-c3c(-c4ccccc4)cc(C(C)(C)C)cc3-c3ccccc3)[c-]ccc12.[2H]C([2H])([2H])c1c[c-]c(-c2cc(C([2H])([2H])C(C)(C)C)c([Si](C)(C)C)cn2)cc1.[Ir]. The Kier molecular flexibility index (Phi) is 11.7. The molecule has 7 heteroatoms. The van der Waals surface area contributed by atoms with Gasteiger partial charge in [0.15, 0.2) is 0 Å². The summed E-state index contributed by atoms with van der Waals surface area (Å²) in [6.45, 7) is 18.9. The number of aryl methyl sites for hydroxylation is 2. The molecule has 0 fully saturated rings. The van der Waals surface area contributed by atoms with Gasteiger partial charge in [-0.1, -0.05) is 163 Å². The van der Waals surface area contributed by atoms with Crippen molar-refractivity contribution in [3.63, 3.8) is 0 Å². The first-order chi connectivity index (χ1) is 33.9. The van der Waals surface area contributed by atoms with E-state index in [1.165, 1.54) is 11.6 Å². The van der Waals surface area contributed by atoms with Crippen LogP contribution in [-0.2, 0) is 31.9 Å². The van der Waals surface area contributed by atoms with Crippen LogP contribution in [0.2, 0.25) is 19.6 Å². The van der Waals surface area contributed by atoms with Gasteiger partial charge in [-0.05, 0) is 88.1 Å². The van der Waals surface area contributed by atoms with Crippen molar-refractivity contribution in [2.75, 3.05) is 0 Å². The topological polar surface area (TPSA) is 56.7 Å². The average Bonchev–Trinajstić information content (AvgIpc) is 3.91. The van der Waals surface area contributed by atoms with Gasteiger partial charge in [0, 0.05) is 55.4 Å². The Bertz CT molecular complexity index is 3540. The summed E-state index contributed by atoms with van der Waals surface area (Å²) >= 11 is 0. The molecular weight excluding hydrogens is 1030 g/mol. The van der Waals surface area contributed by atoms with E-state index in [1.807, 2.05) is 52.0 Å². The second kappa shape index (κ2) is 19.0. The van der Waals surface area contributed by atoms with Gasteiger partial charge in [0.1, 0.15) is 0 Å². The second-order valence-corrected chi connectivity index (χ2v) is 25.4. The molecule has 0 aliphatic rings. The summed E-state index contributed by atoms with van der Waals surface area (Å²) in [5, 5.41) is 2.99. The smallest absolute Gasteiger partial charge is 0.216 e. The minimum Gasteiger partial charge on any atom is -0.486 e. The van der Waals surface area contributed by atoms with E-state index >= 15 is 0 Å². The van der Waals surface area contributed by atoms with Crippen LogP contribution in [0.15, 0.2) is 156 Å². The van der Waals surface area contributed by atoms with E-state index in [9.17, 15) is 0 Å². The molecule has 1 radical (unpaired) electrons. The van der Waals surface area contributed by atoms with Crippen LogP contribution in [0.1, 0.15) is 70.8 Å². The van der Waals surface area contributed by atoms with E-state index in [2.05, 4.69) is 165 Å². The zero-order valence-electron chi connectivity index (χ0n) is 45.5. The van der Waals surface area contributed by atoms with Gasteiger partial charge in [-0.2, -0.15) is 0 Å². The van der Waals surface area contributed by atoms with Gasteiger partial charge in [0.2, 0.25) is 5.71 Å². The molecule has 5 nitrogen and oxygen atoms in total. The molecule has 0 N–H and O–H groups in total. The predicted octanol–water partition coefficient (Wildman–Crippen LogP) is 15.7. The zero-order valence-corrected chi connectivity index (χ0v) is 43.9. The molecule has 0 aliphatic carbocycles. The van der Waals surface area contributed by atoms with E-state index in [0.29, 0.717) is 22.5 Å². The number of fused-ring (bicyclic) bond motifs is 4. The van der Waals surface area contributed by atoms with Crippen LogP contribution in [0.3, 0.4) is 0 Å². The molecule has 0 unspecified atom stereocenters. The maximum atomic E-state index is 8.79. The molecule has 10 aromatic rings. The van der Waals surface area contributed by atoms with Crippen molar-refractivity contribution >= 4 is 46.4 Å². The van der Waals surface area contributed by atoms with Crippen molar-refractivity contribution in [1.29, 1.82) is 0 Å². The second-order valence-electron chi connectivity index (χ2n) is 20.4. The minimum absolute atomic E-state index is 0. The van der Waals surface area contributed by atoms with E-state index < -0.39 is 26.7 Å². The molecule has 0 saturated carbocycles. The molecule has 10 rings (SSSR count). The Hall–Kier alpha value is -6.24. The van der Waals surface area contributed by atoms with Gasteiger partial charge in [-0.3, -0.25) is 4.98 Å². The molecule has 6 aromatic carbocycles. The molecule has 345 valence electrons. The fourth-order valence-electron chi connectivity index (χ4n) is 8.58. The number of benzene rings is 6. The van der Waals surface area contributed by atoms with Gasteiger partial charge in [0.25, 0.3) is 0 Å². The van der Waals surface area contributed by atoms with E-state index in [4.69, 9.17) is 21.2 Å². The Balaban J connectivity index is 0.000000219. The van der Waals surface area contributed by atoms with Crippen molar-refractivity contribution in [2.24, 2.45) is 5.41 Å². The minimum atomic E-state index is -2.17. The summed E-state index contributed by atoms with van der Waals surface area (Å²) in [6, 6.07) is 55.6. The summed E-state index contributed by atoms with van der Waals surface area (Å²) in [5.41, 5.74) is 13.4. The van der Waals surface area contributed by atoms with Crippen molar-refractivity contribution in [3.8, 4) is 50.6 Å². The number of hydrogen-bond donors (Lipinski definition) is 0. The molecule has 0 spiro atoms. The third-order valence-electron chi connectivity index (χ3n) is 11.9.